The Bertz CT molecular complexity index is 903. The summed E-state index contributed by atoms with van der Waals surface area (Å²) in [6, 6.07) is 12.5. The predicted octanol–water partition coefficient (Wildman–Crippen LogP) is 4.28. The van der Waals surface area contributed by atoms with Crippen LogP contribution in [0.4, 0.5) is 0 Å². The number of nitrogens with zero attached hydrogens (tertiary/aromatic N) is 1. The zero-order valence-electron chi connectivity index (χ0n) is 13.0. The molecule has 0 aliphatic rings. The molecule has 0 saturated heterocycles. The first kappa shape index (κ1) is 15.6. The molecule has 1 aromatic heterocycles. The number of ether oxygens (including phenoxy) is 1. The second-order valence-electron chi connectivity index (χ2n) is 5.78. The highest BCUT2D eigenvalue weighted by molar-refractivity contribution is 6.30. The standard InChI is InChI=1S/C18H17ClN2O2/c1-11(2)10-23-16-8-7-12(19)9-14(16)17-20-15-6-4-3-5-13(15)18(22)21-17/h3-9,11H,10H2,1-2H3,(H,20,21,22). The third kappa shape index (κ3) is 3.37. The summed E-state index contributed by atoms with van der Waals surface area (Å²) in [6.45, 7) is 4.73. The number of aromatic nitrogens is 2. The second-order valence-corrected chi connectivity index (χ2v) is 6.21. The van der Waals surface area contributed by atoms with Crippen LogP contribution in [-0.2, 0) is 0 Å². The Morgan fingerprint density at radius 1 is 1.22 bits per heavy atom. The Labute approximate surface area is 139 Å². The van der Waals surface area contributed by atoms with Gasteiger partial charge in [0.2, 0.25) is 0 Å². The molecule has 0 bridgehead atoms. The largest absolute Gasteiger partial charge is 0.493 e. The Balaban J connectivity index is 2.14. The molecule has 0 aliphatic heterocycles. The predicted molar refractivity (Wildman–Crippen MR) is 93.1 cm³/mol. The minimum absolute atomic E-state index is 0.180. The number of H-pyrrole nitrogens is 1. The zero-order valence-corrected chi connectivity index (χ0v) is 13.7. The normalized spacial score (nSPS) is 11.1. The topological polar surface area (TPSA) is 55.0 Å². The number of hydrogen-bond donors (Lipinski definition) is 1. The van der Waals surface area contributed by atoms with E-state index in [4.69, 9.17) is 16.3 Å². The van der Waals surface area contributed by atoms with Gasteiger partial charge in [-0.15, -0.1) is 0 Å². The number of aromatic amines is 1. The average Bonchev–Trinajstić information content (AvgIpc) is 2.53. The van der Waals surface area contributed by atoms with Crippen molar-refractivity contribution in [2.24, 2.45) is 5.92 Å². The van der Waals surface area contributed by atoms with Crippen molar-refractivity contribution >= 4 is 22.5 Å². The molecule has 0 radical (unpaired) electrons. The molecular weight excluding hydrogens is 312 g/mol. The Morgan fingerprint density at radius 3 is 2.78 bits per heavy atom. The van der Waals surface area contributed by atoms with Crippen molar-refractivity contribution in [3.8, 4) is 17.1 Å². The summed E-state index contributed by atoms with van der Waals surface area (Å²) in [5, 5.41) is 1.12. The van der Waals surface area contributed by atoms with E-state index in [1.807, 2.05) is 18.2 Å². The van der Waals surface area contributed by atoms with Crippen molar-refractivity contribution in [1.82, 2.24) is 9.97 Å². The second kappa shape index (κ2) is 6.42. The van der Waals surface area contributed by atoms with Gasteiger partial charge in [0.1, 0.15) is 11.6 Å². The molecule has 0 saturated carbocycles. The van der Waals surface area contributed by atoms with E-state index >= 15 is 0 Å². The highest BCUT2D eigenvalue weighted by atomic mass is 35.5. The van der Waals surface area contributed by atoms with Gasteiger partial charge in [0.05, 0.1) is 23.1 Å². The fraction of sp³-hybridized carbons (Fsp3) is 0.222. The van der Waals surface area contributed by atoms with Crippen LogP contribution in [0.3, 0.4) is 0 Å². The van der Waals surface area contributed by atoms with E-state index in [9.17, 15) is 4.79 Å². The van der Waals surface area contributed by atoms with E-state index < -0.39 is 0 Å². The lowest BCUT2D eigenvalue weighted by molar-refractivity contribution is 0.272. The number of halogens is 1. The summed E-state index contributed by atoms with van der Waals surface area (Å²) in [4.78, 5) is 19.6. The summed E-state index contributed by atoms with van der Waals surface area (Å²) >= 11 is 6.11. The van der Waals surface area contributed by atoms with E-state index in [0.29, 0.717) is 45.6 Å². The molecule has 5 heteroatoms. The van der Waals surface area contributed by atoms with Gasteiger partial charge in [-0.1, -0.05) is 37.6 Å². The first-order valence-corrected chi connectivity index (χ1v) is 7.84. The van der Waals surface area contributed by atoms with Crippen molar-refractivity contribution in [2.45, 2.75) is 13.8 Å². The van der Waals surface area contributed by atoms with Crippen LogP contribution in [0.15, 0.2) is 47.3 Å². The van der Waals surface area contributed by atoms with Gasteiger partial charge in [-0.25, -0.2) is 4.98 Å². The number of rotatable bonds is 4. The van der Waals surface area contributed by atoms with Crippen LogP contribution in [0.5, 0.6) is 5.75 Å². The van der Waals surface area contributed by atoms with Crippen molar-refractivity contribution in [2.75, 3.05) is 6.61 Å². The van der Waals surface area contributed by atoms with Gasteiger partial charge in [0.15, 0.2) is 0 Å². The number of benzene rings is 2. The molecule has 3 rings (SSSR count). The minimum Gasteiger partial charge on any atom is -0.493 e. The highest BCUT2D eigenvalue weighted by Gasteiger charge is 2.12. The number of hydrogen-bond acceptors (Lipinski definition) is 3. The van der Waals surface area contributed by atoms with Gasteiger partial charge in [-0.3, -0.25) is 4.79 Å². The maximum atomic E-state index is 12.3. The molecule has 0 unspecified atom stereocenters. The maximum Gasteiger partial charge on any atom is 0.259 e. The zero-order chi connectivity index (χ0) is 16.4. The van der Waals surface area contributed by atoms with Crippen LogP contribution in [0.1, 0.15) is 13.8 Å². The van der Waals surface area contributed by atoms with E-state index in [1.54, 1.807) is 24.3 Å². The molecule has 118 valence electrons. The van der Waals surface area contributed by atoms with Crippen LogP contribution >= 0.6 is 11.6 Å². The van der Waals surface area contributed by atoms with Crippen LogP contribution in [0, 0.1) is 5.92 Å². The van der Waals surface area contributed by atoms with Gasteiger partial charge in [0, 0.05) is 5.02 Å². The molecule has 0 aliphatic carbocycles. The molecule has 1 N–H and O–H groups in total. The van der Waals surface area contributed by atoms with Crippen molar-refractivity contribution in [3.63, 3.8) is 0 Å². The molecule has 23 heavy (non-hydrogen) atoms. The van der Waals surface area contributed by atoms with E-state index in [2.05, 4.69) is 23.8 Å². The monoisotopic (exact) mass is 328 g/mol. The van der Waals surface area contributed by atoms with Crippen LogP contribution in [0.2, 0.25) is 5.02 Å². The summed E-state index contributed by atoms with van der Waals surface area (Å²) in [7, 11) is 0. The lowest BCUT2D eigenvalue weighted by Gasteiger charge is -2.13. The molecular formula is C18H17ClN2O2. The Kier molecular flexibility index (Phi) is 4.35. The van der Waals surface area contributed by atoms with Gasteiger partial charge in [-0.2, -0.15) is 0 Å². The van der Waals surface area contributed by atoms with Crippen molar-refractivity contribution in [3.05, 3.63) is 57.8 Å². The molecule has 0 fully saturated rings. The van der Waals surface area contributed by atoms with E-state index in [0.717, 1.165) is 0 Å². The first-order chi connectivity index (χ1) is 11.0. The lowest BCUT2D eigenvalue weighted by atomic mass is 10.1. The quantitative estimate of drug-likeness (QED) is 0.777. The van der Waals surface area contributed by atoms with Crippen LogP contribution < -0.4 is 10.3 Å². The van der Waals surface area contributed by atoms with Gasteiger partial charge >= 0.3 is 0 Å². The Morgan fingerprint density at radius 2 is 2.00 bits per heavy atom. The van der Waals surface area contributed by atoms with E-state index in [-0.39, 0.29) is 5.56 Å². The number of fused-ring (bicyclic) bond motifs is 1. The first-order valence-electron chi connectivity index (χ1n) is 7.46. The fourth-order valence-corrected chi connectivity index (χ4v) is 2.46. The summed E-state index contributed by atoms with van der Waals surface area (Å²) in [6.07, 6.45) is 0. The maximum absolute atomic E-state index is 12.3. The molecule has 4 nitrogen and oxygen atoms in total. The number of nitrogens with one attached hydrogen (secondary N) is 1. The molecule has 1 heterocycles. The molecule has 0 amide bonds. The van der Waals surface area contributed by atoms with Gasteiger partial charge < -0.3 is 9.72 Å². The summed E-state index contributed by atoms with van der Waals surface area (Å²) in [5.74, 6) is 1.50. The molecule has 2 aromatic carbocycles. The third-order valence-electron chi connectivity index (χ3n) is 3.38. The highest BCUT2D eigenvalue weighted by Crippen LogP contribution is 2.31. The van der Waals surface area contributed by atoms with E-state index in [1.165, 1.54) is 0 Å². The van der Waals surface area contributed by atoms with Gasteiger partial charge in [0.25, 0.3) is 5.56 Å². The third-order valence-corrected chi connectivity index (χ3v) is 3.62. The SMILES string of the molecule is CC(C)COc1ccc(Cl)cc1-c1nc2ccccc2c(=O)[nH]1. The Hall–Kier alpha value is -2.33. The van der Waals surface area contributed by atoms with Gasteiger partial charge in [-0.05, 0) is 36.2 Å². The minimum atomic E-state index is -0.180. The average molecular weight is 329 g/mol. The molecule has 0 atom stereocenters. The summed E-state index contributed by atoms with van der Waals surface area (Å²) in [5.41, 5.74) is 1.14. The number of para-hydroxylation sites is 1. The lowest BCUT2D eigenvalue weighted by Crippen LogP contribution is -2.11. The summed E-state index contributed by atoms with van der Waals surface area (Å²) < 4.78 is 5.84. The molecule has 0 spiro atoms. The smallest absolute Gasteiger partial charge is 0.259 e. The van der Waals surface area contributed by atoms with Crippen molar-refractivity contribution < 1.29 is 4.74 Å². The molecule has 3 aromatic rings. The van der Waals surface area contributed by atoms with Crippen molar-refractivity contribution in [1.29, 1.82) is 0 Å². The fourth-order valence-electron chi connectivity index (χ4n) is 2.28. The van der Waals surface area contributed by atoms with Crippen LogP contribution in [0.25, 0.3) is 22.3 Å². The van der Waals surface area contributed by atoms with Crippen LogP contribution in [-0.4, -0.2) is 16.6 Å².